The number of nitrogens with one attached hydrogen (secondary N) is 2. The maximum absolute atomic E-state index is 12.5. The Morgan fingerprint density at radius 1 is 1.30 bits per heavy atom. The first-order chi connectivity index (χ1) is 14.6. The van der Waals surface area contributed by atoms with Crippen LogP contribution < -0.4 is 10.6 Å². The molecule has 1 aliphatic heterocycles. The van der Waals surface area contributed by atoms with Crippen molar-refractivity contribution < 1.29 is 9.53 Å². The number of hydrogen-bond acceptors (Lipinski definition) is 3. The van der Waals surface area contributed by atoms with Gasteiger partial charge in [-0.05, 0) is 49.6 Å². The highest BCUT2D eigenvalue weighted by Crippen LogP contribution is 2.12. The number of ether oxygens (including phenoxy) is 1. The number of rotatable bonds is 8. The third-order valence-corrected chi connectivity index (χ3v) is 5.26. The minimum atomic E-state index is -0.0657. The standard InChI is InChI=1S/C23H33N5O2/c1-4-24-23(28(3)17-20-10-6-12-27(20)2)26-15-18-8-5-9-19(14-18)22(29)25-16-21-11-7-13-30-21/h5-6,8-10,12,14,21H,4,7,11,13,15-17H2,1-3H3,(H,24,26)(H,25,29). The first-order valence-corrected chi connectivity index (χ1v) is 10.6. The van der Waals surface area contributed by atoms with Gasteiger partial charge >= 0.3 is 0 Å². The van der Waals surface area contributed by atoms with Crippen molar-refractivity contribution in [3.63, 3.8) is 0 Å². The summed E-state index contributed by atoms with van der Waals surface area (Å²) in [7, 11) is 4.08. The van der Waals surface area contributed by atoms with E-state index in [0.29, 0.717) is 18.7 Å². The number of nitrogens with zero attached hydrogens (tertiary/aromatic N) is 3. The second-order valence-corrected chi connectivity index (χ2v) is 7.68. The zero-order valence-corrected chi connectivity index (χ0v) is 18.2. The van der Waals surface area contributed by atoms with E-state index >= 15 is 0 Å². The van der Waals surface area contributed by atoms with Crippen LogP contribution in [0.15, 0.2) is 47.6 Å². The number of aliphatic imine (C=N–C) groups is 1. The summed E-state index contributed by atoms with van der Waals surface area (Å²) in [4.78, 5) is 19.4. The van der Waals surface area contributed by atoms with Crippen molar-refractivity contribution in [2.24, 2.45) is 12.0 Å². The third-order valence-electron chi connectivity index (χ3n) is 5.26. The topological polar surface area (TPSA) is 70.9 Å². The molecule has 2 aromatic rings. The normalized spacial score (nSPS) is 16.5. The number of guanidine groups is 1. The van der Waals surface area contributed by atoms with E-state index < -0.39 is 0 Å². The van der Waals surface area contributed by atoms with Crippen LogP contribution in [0.25, 0.3) is 0 Å². The summed E-state index contributed by atoms with van der Waals surface area (Å²) < 4.78 is 7.68. The van der Waals surface area contributed by atoms with Crippen LogP contribution in [-0.4, -0.2) is 54.2 Å². The molecule has 1 aromatic carbocycles. The van der Waals surface area contributed by atoms with Gasteiger partial charge in [0.2, 0.25) is 0 Å². The van der Waals surface area contributed by atoms with Gasteiger partial charge in [-0.15, -0.1) is 0 Å². The molecule has 2 N–H and O–H groups in total. The van der Waals surface area contributed by atoms with Gasteiger partial charge in [0.15, 0.2) is 5.96 Å². The Kier molecular flexibility index (Phi) is 7.90. The van der Waals surface area contributed by atoms with Crippen molar-refractivity contribution in [3.8, 4) is 0 Å². The van der Waals surface area contributed by atoms with Crippen molar-refractivity contribution in [3.05, 3.63) is 59.4 Å². The Hall–Kier alpha value is -2.80. The largest absolute Gasteiger partial charge is 0.376 e. The Balaban J connectivity index is 1.61. The molecule has 1 aliphatic rings. The van der Waals surface area contributed by atoms with Gasteiger partial charge in [0, 0.05) is 51.2 Å². The monoisotopic (exact) mass is 411 g/mol. The fourth-order valence-electron chi connectivity index (χ4n) is 3.54. The number of aromatic nitrogens is 1. The van der Waals surface area contributed by atoms with Crippen LogP contribution in [0.1, 0.15) is 41.4 Å². The summed E-state index contributed by atoms with van der Waals surface area (Å²) in [5.74, 6) is 0.774. The van der Waals surface area contributed by atoms with E-state index in [0.717, 1.165) is 44.1 Å². The van der Waals surface area contributed by atoms with Gasteiger partial charge in [-0.1, -0.05) is 12.1 Å². The SMILES string of the molecule is CCNC(=NCc1cccc(C(=O)NCC2CCCO2)c1)N(C)Cc1cccn1C. The predicted octanol–water partition coefficient (Wildman–Crippen LogP) is 2.53. The molecule has 30 heavy (non-hydrogen) atoms. The summed E-state index contributed by atoms with van der Waals surface area (Å²) in [5, 5.41) is 6.33. The van der Waals surface area contributed by atoms with Gasteiger partial charge in [0.05, 0.1) is 19.2 Å². The Labute approximate surface area is 179 Å². The molecule has 7 heteroatoms. The lowest BCUT2D eigenvalue weighted by Crippen LogP contribution is -2.38. The molecule has 2 heterocycles. The molecular formula is C23H33N5O2. The quantitative estimate of drug-likeness (QED) is 0.517. The smallest absolute Gasteiger partial charge is 0.251 e. The van der Waals surface area contributed by atoms with E-state index in [9.17, 15) is 4.79 Å². The van der Waals surface area contributed by atoms with Crippen LogP contribution >= 0.6 is 0 Å². The minimum absolute atomic E-state index is 0.0657. The molecule has 0 spiro atoms. The fourth-order valence-corrected chi connectivity index (χ4v) is 3.54. The summed E-state index contributed by atoms with van der Waals surface area (Å²) in [6.45, 7) is 5.48. The molecule has 3 rings (SSSR count). The second kappa shape index (κ2) is 10.8. The van der Waals surface area contributed by atoms with Crippen molar-refractivity contribution in [1.82, 2.24) is 20.1 Å². The van der Waals surface area contributed by atoms with Gasteiger partial charge < -0.3 is 24.8 Å². The van der Waals surface area contributed by atoms with Gasteiger partial charge in [-0.25, -0.2) is 4.99 Å². The molecule has 1 atom stereocenters. The van der Waals surface area contributed by atoms with Gasteiger partial charge in [-0.3, -0.25) is 4.79 Å². The van der Waals surface area contributed by atoms with Gasteiger partial charge in [0.1, 0.15) is 0 Å². The molecule has 7 nitrogen and oxygen atoms in total. The highest BCUT2D eigenvalue weighted by molar-refractivity contribution is 5.94. The van der Waals surface area contributed by atoms with Gasteiger partial charge in [0.25, 0.3) is 5.91 Å². The van der Waals surface area contributed by atoms with Crippen molar-refractivity contribution in [1.29, 1.82) is 0 Å². The predicted molar refractivity (Wildman–Crippen MR) is 119 cm³/mol. The van der Waals surface area contributed by atoms with Crippen LogP contribution in [0.3, 0.4) is 0 Å². The number of carbonyl (C=O) groups excluding carboxylic acids is 1. The van der Waals surface area contributed by atoms with E-state index in [1.807, 2.05) is 50.6 Å². The summed E-state index contributed by atoms with van der Waals surface area (Å²) in [6.07, 6.45) is 4.27. The van der Waals surface area contributed by atoms with Crippen LogP contribution in [0, 0.1) is 0 Å². The fraction of sp³-hybridized carbons (Fsp3) is 0.478. The first-order valence-electron chi connectivity index (χ1n) is 10.6. The zero-order chi connectivity index (χ0) is 21.3. The molecule has 162 valence electrons. The number of amides is 1. The number of benzene rings is 1. The zero-order valence-electron chi connectivity index (χ0n) is 18.2. The molecule has 1 amide bonds. The summed E-state index contributed by atoms with van der Waals surface area (Å²) in [6, 6.07) is 11.8. The molecule has 1 unspecified atom stereocenters. The van der Waals surface area contributed by atoms with Crippen molar-refractivity contribution >= 4 is 11.9 Å². The third kappa shape index (κ3) is 6.10. The maximum Gasteiger partial charge on any atom is 0.251 e. The van der Waals surface area contributed by atoms with E-state index in [2.05, 4.69) is 33.1 Å². The minimum Gasteiger partial charge on any atom is -0.376 e. The van der Waals surface area contributed by atoms with Crippen molar-refractivity contribution in [2.45, 2.75) is 39.0 Å². The average Bonchev–Trinajstić information content (AvgIpc) is 3.41. The summed E-state index contributed by atoms with van der Waals surface area (Å²) >= 11 is 0. The van der Waals surface area contributed by atoms with Crippen LogP contribution in [-0.2, 0) is 24.9 Å². The number of carbonyl (C=O) groups is 1. The molecule has 1 fully saturated rings. The Bertz CT molecular complexity index is 855. The molecule has 1 aromatic heterocycles. The average molecular weight is 412 g/mol. The highest BCUT2D eigenvalue weighted by Gasteiger charge is 2.16. The molecule has 0 saturated carbocycles. The Morgan fingerprint density at radius 2 is 2.17 bits per heavy atom. The summed E-state index contributed by atoms with van der Waals surface area (Å²) in [5.41, 5.74) is 2.87. The van der Waals surface area contributed by atoms with Gasteiger partial charge in [-0.2, -0.15) is 0 Å². The van der Waals surface area contributed by atoms with Crippen molar-refractivity contribution in [2.75, 3.05) is 26.7 Å². The Morgan fingerprint density at radius 3 is 2.87 bits per heavy atom. The first kappa shape index (κ1) is 21.9. The van der Waals surface area contributed by atoms with E-state index in [-0.39, 0.29) is 12.0 Å². The molecule has 0 aliphatic carbocycles. The molecule has 0 bridgehead atoms. The molecule has 1 saturated heterocycles. The second-order valence-electron chi connectivity index (χ2n) is 7.68. The maximum atomic E-state index is 12.5. The van der Waals surface area contributed by atoms with Crippen LogP contribution in [0.4, 0.5) is 0 Å². The van der Waals surface area contributed by atoms with E-state index in [4.69, 9.17) is 9.73 Å². The lowest BCUT2D eigenvalue weighted by Gasteiger charge is -2.22. The van der Waals surface area contributed by atoms with E-state index in [1.165, 1.54) is 5.69 Å². The van der Waals surface area contributed by atoms with Crippen LogP contribution in [0.2, 0.25) is 0 Å². The molecular weight excluding hydrogens is 378 g/mol. The van der Waals surface area contributed by atoms with Crippen LogP contribution in [0.5, 0.6) is 0 Å². The number of hydrogen-bond donors (Lipinski definition) is 2. The lowest BCUT2D eigenvalue weighted by molar-refractivity contribution is 0.0857. The van der Waals surface area contributed by atoms with E-state index in [1.54, 1.807) is 0 Å². The number of aryl methyl sites for hydroxylation is 1. The highest BCUT2D eigenvalue weighted by atomic mass is 16.5. The lowest BCUT2D eigenvalue weighted by atomic mass is 10.1. The molecule has 0 radical (unpaired) electrons.